The van der Waals surface area contributed by atoms with Crippen molar-refractivity contribution in [1.82, 2.24) is 4.90 Å². The van der Waals surface area contributed by atoms with Crippen LogP contribution in [-0.4, -0.2) is 30.6 Å². The van der Waals surface area contributed by atoms with Crippen molar-refractivity contribution in [3.63, 3.8) is 0 Å². The van der Waals surface area contributed by atoms with E-state index in [9.17, 15) is 0 Å². The first-order valence-electron chi connectivity index (χ1n) is 7.63. The molecule has 2 unspecified atom stereocenters. The van der Waals surface area contributed by atoms with E-state index in [1.165, 1.54) is 51.6 Å². The molecule has 2 nitrogen and oxygen atoms in total. The third-order valence-corrected chi connectivity index (χ3v) is 4.89. The molecule has 1 aliphatic heterocycles. The Bertz CT molecular complexity index is 211. The summed E-state index contributed by atoms with van der Waals surface area (Å²) < 4.78 is 0. The lowest BCUT2D eigenvalue weighted by Crippen LogP contribution is -2.45. The highest BCUT2D eigenvalue weighted by atomic mass is 15.2. The van der Waals surface area contributed by atoms with Gasteiger partial charge in [0.2, 0.25) is 0 Å². The molecule has 0 radical (unpaired) electrons. The molecule has 2 aliphatic rings. The number of hydrogen-bond donors (Lipinski definition) is 1. The van der Waals surface area contributed by atoms with Gasteiger partial charge in [-0.05, 0) is 75.9 Å². The molecule has 0 bridgehead atoms. The highest BCUT2D eigenvalue weighted by molar-refractivity contribution is 4.84. The molecule has 2 rings (SSSR count). The van der Waals surface area contributed by atoms with Crippen molar-refractivity contribution in [3.05, 3.63) is 0 Å². The minimum absolute atomic E-state index is 0.877. The second-order valence-electron chi connectivity index (χ2n) is 6.63. The van der Waals surface area contributed by atoms with Crippen LogP contribution < -0.4 is 5.73 Å². The van der Waals surface area contributed by atoms with Crippen molar-refractivity contribution >= 4 is 0 Å². The lowest BCUT2D eigenvalue weighted by Gasteiger charge is -2.42. The Balaban J connectivity index is 1.79. The summed E-state index contributed by atoms with van der Waals surface area (Å²) in [6.45, 7) is 8.40. The molecule has 17 heavy (non-hydrogen) atoms. The molecule has 0 aromatic heterocycles. The van der Waals surface area contributed by atoms with Crippen LogP contribution in [0.3, 0.4) is 0 Å². The first-order valence-corrected chi connectivity index (χ1v) is 7.63. The molecule has 1 saturated carbocycles. The predicted molar refractivity (Wildman–Crippen MR) is 73.9 cm³/mol. The summed E-state index contributed by atoms with van der Waals surface area (Å²) in [4.78, 5) is 2.78. The van der Waals surface area contributed by atoms with Crippen LogP contribution in [0.5, 0.6) is 0 Å². The average Bonchev–Trinajstić information content (AvgIpc) is 2.29. The van der Waals surface area contributed by atoms with Gasteiger partial charge in [0.15, 0.2) is 0 Å². The van der Waals surface area contributed by atoms with E-state index in [-0.39, 0.29) is 0 Å². The van der Waals surface area contributed by atoms with Crippen LogP contribution in [-0.2, 0) is 0 Å². The number of hydrogen-bond acceptors (Lipinski definition) is 2. The summed E-state index contributed by atoms with van der Waals surface area (Å²) in [6.07, 6.45) is 8.33. The third-order valence-electron chi connectivity index (χ3n) is 4.89. The van der Waals surface area contributed by atoms with Gasteiger partial charge in [-0.1, -0.05) is 13.8 Å². The average molecular weight is 238 g/mol. The SMILES string of the molecule is CC1CC(C)CC(N2CCC(CCN)CC2)C1. The zero-order chi connectivity index (χ0) is 12.3. The number of rotatable bonds is 3. The minimum Gasteiger partial charge on any atom is -0.330 e. The Kier molecular flexibility index (Phi) is 4.87. The van der Waals surface area contributed by atoms with Crippen molar-refractivity contribution in [3.8, 4) is 0 Å². The van der Waals surface area contributed by atoms with Gasteiger partial charge in [0.1, 0.15) is 0 Å². The minimum atomic E-state index is 0.877. The molecule has 2 fully saturated rings. The van der Waals surface area contributed by atoms with Gasteiger partial charge in [-0.15, -0.1) is 0 Å². The van der Waals surface area contributed by atoms with E-state index in [2.05, 4.69) is 18.7 Å². The number of likely N-dealkylation sites (tertiary alicyclic amines) is 1. The molecule has 0 aromatic rings. The van der Waals surface area contributed by atoms with Crippen LogP contribution in [0, 0.1) is 17.8 Å². The fourth-order valence-corrected chi connectivity index (χ4v) is 4.05. The largest absolute Gasteiger partial charge is 0.330 e. The zero-order valence-corrected chi connectivity index (χ0v) is 11.7. The van der Waals surface area contributed by atoms with Gasteiger partial charge in [-0.25, -0.2) is 0 Å². The first-order chi connectivity index (χ1) is 8.19. The molecule has 2 heteroatoms. The van der Waals surface area contributed by atoms with E-state index in [0.717, 1.165) is 30.3 Å². The Hall–Kier alpha value is -0.0800. The van der Waals surface area contributed by atoms with Crippen LogP contribution in [0.1, 0.15) is 52.4 Å². The quantitative estimate of drug-likeness (QED) is 0.819. The van der Waals surface area contributed by atoms with Gasteiger partial charge in [-0.3, -0.25) is 0 Å². The molecular weight excluding hydrogens is 208 g/mol. The zero-order valence-electron chi connectivity index (χ0n) is 11.7. The predicted octanol–water partition coefficient (Wildman–Crippen LogP) is 2.87. The maximum atomic E-state index is 5.66. The van der Waals surface area contributed by atoms with Gasteiger partial charge >= 0.3 is 0 Å². The lowest BCUT2D eigenvalue weighted by atomic mass is 9.79. The van der Waals surface area contributed by atoms with E-state index in [1.54, 1.807) is 0 Å². The molecular formula is C15H30N2. The fraction of sp³-hybridized carbons (Fsp3) is 1.00. The second kappa shape index (κ2) is 6.19. The first kappa shape index (κ1) is 13.4. The van der Waals surface area contributed by atoms with Crippen molar-refractivity contribution in [2.24, 2.45) is 23.5 Å². The van der Waals surface area contributed by atoms with Crippen molar-refractivity contribution in [2.75, 3.05) is 19.6 Å². The monoisotopic (exact) mass is 238 g/mol. The summed E-state index contributed by atoms with van der Waals surface area (Å²) in [6, 6.07) is 0.882. The van der Waals surface area contributed by atoms with E-state index >= 15 is 0 Å². The van der Waals surface area contributed by atoms with Crippen LogP contribution >= 0.6 is 0 Å². The van der Waals surface area contributed by atoms with E-state index < -0.39 is 0 Å². The molecule has 0 aromatic carbocycles. The molecule has 100 valence electrons. The molecule has 0 spiro atoms. The number of piperidine rings is 1. The van der Waals surface area contributed by atoms with Gasteiger partial charge in [0, 0.05) is 6.04 Å². The van der Waals surface area contributed by atoms with Crippen molar-refractivity contribution in [2.45, 2.75) is 58.4 Å². The Morgan fingerprint density at radius 3 is 2.12 bits per heavy atom. The van der Waals surface area contributed by atoms with Crippen LogP contribution in [0.15, 0.2) is 0 Å². The Labute approximate surface area is 107 Å². The molecule has 0 amide bonds. The maximum Gasteiger partial charge on any atom is 0.0100 e. The van der Waals surface area contributed by atoms with Crippen LogP contribution in [0.25, 0.3) is 0 Å². The summed E-state index contributed by atoms with van der Waals surface area (Å²) in [5.74, 6) is 2.78. The van der Waals surface area contributed by atoms with Crippen molar-refractivity contribution in [1.29, 1.82) is 0 Å². The smallest absolute Gasteiger partial charge is 0.0100 e. The molecule has 2 atom stereocenters. The normalized spacial score (nSPS) is 37.2. The fourth-order valence-electron chi connectivity index (χ4n) is 4.05. The molecule has 1 heterocycles. The van der Waals surface area contributed by atoms with Gasteiger partial charge in [0.25, 0.3) is 0 Å². The molecule has 1 saturated heterocycles. The topological polar surface area (TPSA) is 29.3 Å². The molecule has 1 aliphatic carbocycles. The van der Waals surface area contributed by atoms with Gasteiger partial charge in [0.05, 0.1) is 0 Å². The highest BCUT2D eigenvalue weighted by Gasteiger charge is 2.30. The third kappa shape index (κ3) is 3.69. The summed E-state index contributed by atoms with van der Waals surface area (Å²) in [7, 11) is 0. The highest BCUT2D eigenvalue weighted by Crippen LogP contribution is 2.33. The number of nitrogens with two attached hydrogens (primary N) is 1. The summed E-state index contributed by atoms with van der Waals surface area (Å²) in [5.41, 5.74) is 5.66. The Morgan fingerprint density at radius 1 is 1.00 bits per heavy atom. The maximum absolute atomic E-state index is 5.66. The lowest BCUT2D eigenvalue weighted by molar-refractivity contribution is 0.0744. The van der Waals surface area contributed by atoms with Crippen molar-refractivity contribution < 1.29 is 0 Å². The van der Waals surface area contributed by atoms with E-state index in [1.807, 2.05) is 0 Å². The van der Waals surface area contributed by atoms with Crippen LogP contribution in [0.2, 0.25) is 0 Å². The number of nitrogens with zero attached hydrogens (tertiary/aromatic N) is 1. The Morgan fingerprint density at radius 2 is 1.59 bits per heavy atom. The van der Waals surface area contributed by atoms with Gasteiger partial charge < -0.3 is 10.6 Å². The summed E-state index contributed by atoms with van der Waals surface area (Å²) in [5, 5.41) is 0. The second-order valence-corrected chi connectivity index (χ2v) is 6.63. The van der Waals surface area contributed by atoms with Gasteiger partial charge in [-0.2, -0.15) is 0 Å². The van der Waals surface area contributed by atoms with E-state index in [0.29, 0.717) is 0 Å². The molecule has 2 N–H and O–H groups in total. The van der Waals surface area contributed by atoms with Crippen LogP contribution in [0.4, 0.5) is 0 Å². The van der Waals surface area contributed by atoms with E-state index in [4.69, 9.17) is 5.73 Å². The standard InChI is InChI=1S/C15H30N2/c1-12-9-13(2)11-15(10-12)17-7-4-14(3-6-16)5-8-17/h12-15H,3-11,16H2,1-2H3. The summed E-state index contributed by atoms with van der Waals surface area (Å²) >= 11 is 0.